The SMILES string of the molecule is O=C1[C@H]2C(c3c(Cl)cccc3Cl)=NO[C@@H]2C(=O)N1c1ccccc1. The number of amides is 2. The van der Waals surface area contributed by atoms with E-state index in [2.05, 4.69) is 5.16 Å². The number of rotatable bonds is 2. The number of benzene rings is 2. The molecule has 0 aliphatic carbocycles. The average Bonchev–Trinajstić information content (AvgIpc) is 3.09. The summed E-state index contributed by atoms with van der Waals surface area (Å²) in [5.41, 5.74) is 1.20. The maximum Gasteiger partial charge on any atom is 0.278 e. The minimum absolute atomic E-state index is 0.285. The molecule has 0 N–H and O–H groups in total. The van der Waals surface area contributed by atoms with Gasteiger partial charge in [0.25, 0.3) is 5.91 Å². The van der Waals surface area contributed by atoms with Crippen molar-refractivity contribution in [1.29, 1.82) is 0 Å². The molecule has 2 aliphatic heterocycles. The van der Waals surface area contributed by atoms with Gasteiger partial charge in [-0.25, -0.2) is 4.90 Å². The van der Waals surface area contributed by atoms with Crippen LogP contribution in [0.4, 0.5) is 5.69 Å². The lowest BCUT2D eigenvalue weighted by atomic mass is 9.94. The zero-order valence-electron chi connectivity index (χ0n) is 12.1. The Balaban J connectivity index is 1.77. The van der Waals surface area contributed by atoms with Gasteiger partial charge < -0.3 is 4.84 Å². The molecule has 2 atom stereocenters. The number of halogens is 2. The van der Waals surface area contributed by atoms with E-state index in [1.807, 2.05) is 6.07 Å². The van der Waals surface area contributed by atoms with Crippen molar-refractivity contribution >= 4 is 46.4 Å². The smallest absolute Gasteiger partial charge is 0.278 e. The van der Waals surface area contributed by atoms with Gasteiger partial charge in [-0.15, -0.1) is 0 Å². The van der Waals surface area contributed by atoms with Gasteiger partial charge in [0.1, 0.15) is 11.6 Å². The standard InChI is InChI=1S/C17H10Cl2N2O3/c18-10-7-4-8-11(19)12(10)14-13-15(24-20-14)17(23)21(16(13)22)9-5-2-1-3-6-9/h1-8,13,15H/t13-,15-/m0/s1. The molecule has 1 fully saturated rings. The number of hydrogen-bond donors (Lipinski definition) is 0. The lowest BCUT2D eigenvalue weighted by molar-refractivity contribution is -0.126. The Hall–Kier alpha value is -2.37. The first-order chi connectivity index (χ1) is 11.6. The Bertz CT molecular complexity index is 862. The van der Waals surface area contributed by atoms with Gasteiger partial charge in [-0.1, -0.05) is 52.6 Å². The van der Waals surface area contributed by atoms with Crippen LogP contribution in [0.2, 0.25) is 10.0 Å². The van der Waals surface area contributed by atoms with Gasteiger partial charge in [-0.2, -0.15) is 0 Å². The Morgan fingerprint density at radius 2 is 1.58 bits per heavy atom. The monoisotopic (exact) mass is 360 g/mol. The summed E-state index contributed by atoms with van der Waals surface area (Å²) in [5.74, 6) is -1.70. The van der Waals surface area contributed by atoms with Crippen LogP contribution in [0.5, 0.6) is 0 Å². The Morgan fingerprint density at radius 3 is 2.25 bits per heavy atom. The zero-order chi connectivity index (χ0) is 16.8. The molecule has 0 saturated carbocycles. The van der Waals surface area contributed by atoms with Crippen molar-refractivity contribution in [2.75, 3.05) is 4.90 Å². The quantitative estimate of drug-likeness (QED) is 0.772. The molecule has 2 aromatic rings. The van der Waals surface area contributed by atoms with Gasteiger partial charge in [0, 0.05) is 5.56 Å². The van der Waals surface area contributed by atoms with Gasteiger partial charge in [0.05, 0.1) is 15.7 Å². The molecular formula is C17H10Cl2N2O3. The molecule has 2 amide bonds. The van der Waals surface area contributed by atoms with Crippen LogP contribution in [0, 0.1) is 5.92 Å². The third-order valence-corrected chi connectivity index (χ3v) is 4.68. The summed E-state index contributed by atoms with van der Waals surface area (Å²) in [6, 6.07) is 13.7. The number of oxime groups is 1. The summed E-state index contributed by atoms with van der Waals surface area (Å²) in [6.45, 7) is 0. The van der Waals surface area contributed by atoms with E-state index in [0.29, 0.717) is 21.3 Å². The summed E-state index contributed by atoms with van der Waals surface area (Å²) < 4.78 is 0. The van der Waals surface area contributed by atoms with E-state index in [1.54, 1.807) is 42.5 Å². The molecule has 0 bridgehead atoms. The normalized spacial score (nSPS) is 22.4. The predicted octanol–water partition coefficient (Wildman–Crippen LogP) is 3.29. The molecule has 120 valence electrons. The number of hydrogen-bond acceptors (Lipinski definition) is 4. The van der Waals surface area contributed by atoms with E-state index >= 15 is 0 Å². The summed E-state index contributed by atoms with van der Waals surface area (Å²) >= 11 is 12.4. The highest BCUT2D eigenvalue weighted by atomic mass is 35.5. The van der Waals surface area contributed by atoms with Gasteiger partial charge in [0.15, 0.2) is 0 Å². The van der Waals surface area contributed by atoms with Crippen molar-refractivity contribution in [3.63, 3.8) is 0 Å². The summed E-state index contributed by atoms with van der Waals surface area (Å²) in [6.07, 6.45) is -0.986. The molecule has 0 aromatic heterocycles. The van der Waals surface area contributed by atoms with Crippen LogP contribution in [0.1, 0.15) is 5.56 Å². The maximum atomic E-state index is 12.9. The van der Waals surface area contributed by atoms with E-state index in [-0.39, 0.29) is 5.71 Å². The fourth-order valence-corrected chi connectivity index (χ4v) is 3.55. The highest BCUT2D eigenvalue weighted by Gasteiger charge is 2.56. The third kappa shape index (κ3) is 2.12. The summed E-state index contributed by atoms with van der Waals surface area (Å²) in [4.78, 5) is 31.8. The number of carbonyl (C=O) groups excluding carboxylic acids is 2. The molecule has 0 spiro atoms. The molecule has 5 nitrogen and oxygen atoms in total. The lowest BCUT2D eigenvalue weighted by Gasteiger charge is -2.15. The first-order valence-corrected chi connectivity index (χ1v) is 7.96. The second kappa shape index (κ2) is 5.61. The molecule has 24 heavy (non-hydrogen) atoms. The zero-order valence-corrected chi connectivity index (χ0v) is 13.7. The molecular weight excluding hydrogens is 351 g/mol. The minimum Gasteiger partial charge on any atom is -0.381 e. The molecule has 2 heterocycles. The van der Waals surface area contributed by atoms with Crippen molar-refractivity contribution in [3.8, 4) is 0 Å². The van der Waals surface area contributed by atoms with E-state index in [1.165, 1.54) is 0 Å². The largest absolute Gasteiger partial charge is 0.381 e. The topological polar surface area (TPSA) is 59.0 Å². The first kappa shape index (κ1) is 15.2. The second-order valence-electron chi connectivity index (χ2n) is 5.42. The van der Waals surface area contributed by atoms with Crippen molar-refractivity contribution in [3.05, 3.63) is 64.1 Å². The first-order valence-electron chi connectivity index (χ1n) is 7.20. The molecule has 2 aromatic carbocycles. The van der Waals surface area contributed by atoms with Gasteiger partial charge in [-0.3, -0.25) is 9.59 Å². The summed E-state index contributed by atoms with van der Waals surface area (Å²) in [5, 5.41) is 4.62. The van der Waals surface area contributed by atoms with Crippen molar-refractivity contribution in [1.82, 2.24) is 0 Å². The molecule has 1 saturated heterocycles. The highest BCUT2D eigenvalue weighted by molar-refractivity contribution is 6.43. The summed E-state index contributed by atoms with van der Waals surface area (Å²) in [7, 11) is 0. The van der Waals surface area contributed by atoms with Crippen LogP contribution >= 0.6 is 23.2 Å². The lowest BCUT2D eigenvalue weighted by Crippen LogP contribution is -2.33. The fraction of sp³-hybridized carbons (Fsp3) is 0.118. The Labute approximate surface area is 147 Å². The van der Waals surface area contributed by atoms with Gasteiger partial charge in [0.2, 0.25) is 12.0 Å². The van der Waals surface area contributed by atoms with Crippen LogP contribution in [0.3, 0.4) is 0 Å². The van der Waals surface area contributed by atoms with Crippen LogP contribution in [0.25, 0.3) is 0 Å². The van der Waals surface area contributed by atoms with Crippen molar-refractivity contribution < 1.29 is 14.4 Å². The van der Waals surface area contributed by atoms with E-state index in [4.69, 9.17) is 28.0 Å². The molecule has 2 aliphatic rings. The van der Waals surface area contributed by atoms with Crippen LogP contribution in [0.15, 0.2) is 53.7 Å². The minimum atomic E-state index is -0.986. The third-order valence-electron chi connectivity index (χ3n) is 4.05. The molecule has 0 radical (unpaired) electrons. The van der Waals surface area contributed by atoms with Crippen LogP contribution < -0.4 is 4.90 Å². The van der Waals surface area contributed by atoms with Crippen molar-refractivity contribution in [2.24, 2.45) is 11.1 Å². The number of para-hydroxylation sites is 1. The fourth-order valence-electron chi connectivity index (χ4n) is 2.96. The van der Waals surface area contributed by atoms with E-state index in [9.17, 15) is 9.59 Å². The molecule has 4 rings (SSSR count). The van der Waals surface area contributed by atoms with Crippen molar-refractivity contribution in [2.45, 2.75) is 6.10 Å². The highest BCUT2D eigenvalue weighted by Crippen LogP contribution is 2.38. The number of nitrogens with zero attached hydrogens (tertiary/aromatic N) is 2. The maximum absolute atomic E-state index is 12.9. The Morgan fingerprint density at radius 1 is 0.917 bits per heavy atom. The van der Waals surface area contributed by atoms with Gasteiger partial charge in [-0.05, 0) is 24.3 Å². The second-order valence-corrected chi connectivity index (χ2v) is 6.24. The number of carbonyl (C=O) groups is 2. The van der Waals surface area contributed by atoms with E-state index < -0.39 is 23.8 Å². The molecule has 0 unspecified atom stereocenters. The predicted molar refractivity (Wildman–Crippen MR) is 90.3 cm³/mol. The average molecular weight is 361 g/mol. The van der Waals surface area contributed by atoms with Gasteiger partial charge >= 0.3 is 0 Å². The molecule has 7 heteroatoms. The number of anilines is 1. The Kier molecular flexibility index (Phi) is 3.55. The number of fused-ring (bicyclic) bond motifs is 1. The number of imide groups is 1. The van der Waals surface area contributed by atoms with Crippen LogP contribution in [-0.4, -0.2) is 23.6 Å². The van der Waals surface area contributed by atoms with Crippen LogP contribution in [-0.2, 0) is 14.4 Å². The van der Waals surface area contributed by atoms with E-state index in [0.717, 1.165) is 4.90 Å².